The van der Waals surface area contributed by atoms with Crippen molar-refractivity contribution in [3.63, 3.8) is 0 Å². The standard InChI is InChI=1S/C17H22N4O3S/c1-17(2)13(12-8-7-11(9-19-12)25(18,22)23)14(17)16-20-15(21-24-16)10-5-3-4-6-10/h7-10,13-14H,3-6H2,1-2H3,(H2,18,22,23)/t13-,14+/m1/s1. The van der Waals surface area contributed by atoms with E-state index >= 15 is 0 Å². The molecule has 2 fully saturated rings. The maximum atomic E-state index is 11.4. The molecule has 8 heteroatoms. The molecule has 25 heavy (non-hydrogen) atoms. The number of hydrogen-bond acceptors (Lipinski definition) is 6. The minimum atomic E-state index is -3.73. The molecule has 0 saturated heterocycles. The summed E-state index contributed by atoms with van der Waals surface area (Å²) in [6.45, 7) is 4.27. The summed E-state index contributed by atoms with van der Waals surface area (Å²) in [7, 11) is -3.73. The summed E-state index contributed by atoms with van der Waals surface area (Å²) in [5, 5.41) is 9.33. The fourth-order valence-corrected chi connectivity index (χ4v) is 4.58. The summed E-state index contributed by atoms with van der Waals surface area (Å²) >= 11 is 0. The van der Waals surface area contributed by atoms with Crippen molar-refractivity contribution in [1.82, 2.24) is 15.1 Å². The lowest BCUT2D eigenvalue weighted by molar-refractivity contribution is 0.360. The van der Waals surface area contributed by atoms with Gasteiger partial charge in [-0.1, -0.05) is 31.8 Å². The number of aromatic nitrogens is 3. The van der Waals surface area contributed by atoms with Gasteiger partial charge in [-0.05, 0) is 30.4 Å². The topological polar surface area (TPSA) is 112 Å². The Kier molecular flexibility index (Phi) is 3.73. The number of nitrogens with zero attached hydrogens (tertiary/aromatic N) is 3. The Balaban J connectivity index is 1.57. The molecule has 0 aliphatic heterocycles. The summed E-state index contributed by atoms with van der Waals surface area (Å²) in [6, 6.07) is 3.22. The van der Waals surface area contributed by atoms with E-state index in [1.54, 1.807) is 6.07 Å². The fourth-order valence-electron chi connectivity index (χ4n) is 4.12. The van der Waals surface area contributed by atoms with Crippen LogP contribution in [-0.4, -0.2) is 23.5 Å². The zero-order valence-electron chi connectivity index (χ0n) is 14.3. The fraction of sp³-hybridized carbons (Fsp3) is 0.588. The van der Waals surface area contributed by atoms with Crippen LogP contribution in [0.25, 0.3) is 0 Å². The maximum absolute atomic E-state index is 11.4. The third-order valence-corrected chi connectivity index (χ3v) is 6.58. The molecule has 2 saturated carbocycles. The van der Waals surface area contributed by atoms with Crippen molar-refractivity contribution in [3.8, 4) is 0 Å². The van der Waals surface area contributed by atoms with Crippen LogP contribution in [0.5, 0.6) is 0 Å². The first-order valence-electron chi connectivity index (χ1n) is 8.61. The first-order chi connectivity index (χ1) is 11.8. The Hall–Kier alpha value is -1.80. The average molecular weight is 362 g/mol. The van der Waals surface area contributed by atoms with E-state index in [0.29, 0.717) is 11.8 Å². The monoisotopic (exact) mass is 362 g/mol. The third kappa shape index (κ3) is 2.87. The highest BCUT2D eigenvalue weighted by atomic mass is 32.2. The Morgan fingerprint density at radius 2 is 1.92 bits per heavy atom. The average Bonchev–Trinajstić information content (AvgIpc) is 3.03. The van der Waals surface area contributed by atoms with E-state index < -0.39 is 10.0 Å². The number of rotatable bonds is 4. The molecule has 2 aliphatic carbocycles. The highest BCUT2D eigenvalue weighted by Gasteiger charge is 2.62. The Labute approximate surface area is 147 Å². The van der Waals surface area contributed by atoms with E-state index in [4.69, 9.17) is 9.66 Å². The molecule has 0 spiro atoms. The van der Waals surface area contributed by atoms with Crippen LogP contribution in [0.15, 0.2) is 27.7 Å². The van der Waals surface area contributed by atoms with Crippen LogP contribution in [0.4, 0.5) is 0 Å². The minimum Gasteiger partial charge on any atom is -0.339 e. The van der Waals surface area contributed by atoms with Gasteiger partial charge in [0.1, 0.15) is 4.90 Å². The number of nitrogens with two attached hydrogens (primary N) is 1. The highest BCUT2D eigenvalue weighted by molar-refractivity contribution is 7.89. The number of pyridine rings is 1. The van der Waals surface area contributed by atoms with Gasteiger partial charge in [0.25, 0.3) is 0 Å². The number of hydrogen-bond donors (Lipinski definition) is 1. The summed E-state index contributed by atoms with van der Waals surface area (Å²) in [6.07, 6.45) is 6.03. The molecule has 2 heterocycles. The van der Waals surface area contributed by atoms with E-state index in [2.05, 4.69) is 29.0 Å². The minimum absolute atomic E-state index is 0.0209. The summed E-state index contributed by atoms with van der Waals surface area (Å²) in [5.74, 6) is 2.13. The first-order valence-corrected chi connectivity index (χ1v) is 10.2. The maximum Gasteiger partial charge on any atom is 0.239 e. The van der Waals surface area contributed by atoms with E-state index in [1.165, 1.54) is 25.1 Å². The molecular weight excluding hydrogens is 340 g/mol. The van der Waals surface area contributed by atoms with E-state index in [9.17, 15) is 8.42 Å². The van der Waals surface area contributed by atoms with Gasteiger partial charge in [-0.15, -0.1) is 0 Å². The molecular formula is C17H22N4O3S. The highest BCUT2D eigenvalue weighted by Crippen LogP contribution is 2.69. The van der Waals surface area contributed by atoms with Crippen LogP contribution in [0.2, 0.25) is 0 Å². The van der Waals surface area contributed by atoms with Gasteiger partial charge in [0.15, 0.2) is 5.82 Å². The van der Waals surface area contributed by atoms with Crippen molar-refractivity contribution in [2.45, 2.75) is 62.2 Å². The SMILES string of the molecule is CC1(C)[C@H](c2ccc(S(N)(=O)=O)cn2)[C@H]1c1nc(C2CCCC2)no1. The second-order valence-electron chi connectivity index (χ2n) is 7.71. The van der Waals surface area contributed by atoms with E-state index in [1.807, 2.05) is 0 Å². The largest absolute Gasteiger partial charge is 0.339 e. The molecule has 0 bridgehead atoms. The van der Waals surface area contributed by atoms with Crippen LogP contribution in [0.3, 0.4) is 0 Å². The summed E-state index contributed by atoms with van der Waals surface area (Å²) in [5.41, 5.74) is 0.762. The summed E-state index contributed by atoms with van der Waals surface area (Å²) < 4.78 is 28.3. The van der Waals surface area contributed by atoms with Gasteiger partial charge in [0.2, 0.25) is 15.9 Å². The van der Waals surface area contributed by atoms with Gasteiger partial charge >= 0.3 is 0 Å². The Bertz CT molecular complexity index is 883. The van der Waals surface area contributed by atoms with Crippen LogP contribution in [0, 0.1) is 5.41 Å². The Morgan fingerprint density at radius 1 is 1.20 bits per heavy atom. The molecule has 0 amide bonds. The van der Waals surface area contributed by atoms with E-state index in [-0.39, 0.29) is 22.1 Å². The molecule has 7 nitrogen and oxygen atoms in total. The van der Waals surface area contributed by atoms with Gasteiger partial charge in [0.05, 0.1) is 5.92 Å². The number of sulfonamides is 1. The van der Waals surface area contributed by atoms with Crippen LogP contribution < -0.4 is 5.14 Å². The van der Waals surface area contributed by atoms with Crippen molar-refractivity contribution in [3.05, 3.63) is 35.7 Å². The molecule has 0 radical (unpaired) electrons. The molecule has 2 aromatic heterocycles. The molecule has 134 valence electrons. The predicted molar refractivity (Wildman–Crippen MR) is 90.4 cm³/mol. The lowest BCUT2D eigenvalue weighted by atomic mass is 10.1. The molecule has 2 N–H and O–H groups in total. The molecule has 0 unspecified atom stereocenters. The van der Waals surface area contributed by atoms with Gasteiger partial charge in [-0.25, -0.2) is 13.6 Å². The molecule has 2 aromatic rings. The van der Waals surface area contributed by atoms with Crippen LogP contribution in [-0.2, 0) is 10.0 Å². The zero-order chi connectivity index (χ0) is 17.8. The molecule has 2 aliphatic rings. The van der Waals surface area contributed by atoms with Crippen molar-refractivity contribution >= 4 is 10.0 Å². The Morgan fingerprint density at radius 3 is 2.52 bits per heavy atom. The van der Waals surface area contributed by atoms with Gasteiger partial charge in [0, 0.05) is 23.7 Å². The van der Waals surface area contributed by atoms with Gasteiger partial charge in [-0.2, -0.15) is 4.98 Å². The summed E-state index contributed by atoms with van der Waals surface area (Å²) in [4.78, 5) is 9.00. The van der Waals surface area contributed by atoms with Gasteiger partial charge in [-0.3, -0.25) is 4.98 Å². The zero-order valence-corrected chi connectivity index (χ0v) is 15.2. The lowest BCUT2D eigenvalue weighted by Crippen LogP contribution is -2.12. The van der Waals surface area contributed by atoms with Crippen molar-refractivity contribution < 1.29 is 12.9 Å². The lowest BCUT2D eigenvalue weighted by Gasteiger charge is -2.03. The van der Waals surface area contributed by atoms with Crippen LogP contribution in [0.1, 0.15) is 74.7 Å². The molecule has 0 aromatic carbocycles. The second-order valence-corrected chi connectivity index (χ2v) is 9.27. The smallest absolute Gasteiger partial charge is 0.239 e. The predicted octanol–water partition coefficient (Wildman–Crippen LogP) is 2.68. The van der Waals surface area contributed by atoms with Crippen LogP contribution >= 0.6 is 0 Å². The first kappa shape index (κ1) is 16.7. The number of primary sulfonamides is 1. The second kappa shape index (κ2) is 5.60. The van der Waals surface area contributed by atoms with E-state index in [0.717, 1.165) is 24.4 Å². The van der Waals surface area contributed by atoms with Crippen molar-refractivity contribution in [2.75, 3.05) is 0 Å². The quantitative estimate of drug-likeness (QED) is 0.895. The van der Waals surface area contributed by atoms with Gasteiger partial charge < -0.3 is 4.52 Å². The third-order valence-electron chi connectivity index (χ3n) is 5.68. The molecule has 4 rings (SSSR count). The molecule has 2 atom stereocenters. The van der Waals surface area contributed by atoms with Crippen molar-refractivity contribution in [1.29, 1.82) is 0 Å². The van der Waals surface area contributed by atoms with Crippen molar-refractivity contribution in [2.24, 2.45) is 10.6 Å². The normalized spacial score (nSPS) is 26.0.